The monoisotopic (exact) mass is 546 g/mol. The van der Waals surface area contributed by atoms with Gasteiger partial charge in [-0.05, 0) is 43.5 Å². The minimum atomic E-state index is -3.95. The van der Waals surface area contributed by atoms with Crippen molar-refractivity contribution < 1.29 is 36.8 Å². The highest BCUT2D eigenvalue weighted by Crippen LogP contribution is 2.21. The minimum Gasteiger partial charge on any atom is -0.375 e. The standard InChI is InChI=1S/C25H31N5O7S/c1-28(15-5-19-38(34,35)36)22-9-7-20(8-10-22)26-27-21-13-17-29(18-14-21)16-4-2-3-6-25(33)37-30-23(31)11-12-24(30)32/h7-10,13-14,17-18H,2-6,11-12,15-16,19H2,1H3/p+1. The number of azo groups is 1. The maximum Gasteiger partial charge on any atom is 0.333 e. The Kier molecular flexibility index (Phi) is 10.4. The summed E-state index contributed by atoms with van der Waals surface area (Å²) in [5.41, 5.74) is 2.27. The zero-order valence-corrected chi connectivity index (χ0v) is 22.0. The quantitative estimate of drug-likeness (QED) is 0.125. The number of imide groups is 1. The number of pyridine rings is 1. The van der Waals surface area contributed by atoms with Gasteiger partial charge in [0.25, 0.3) is 21.9 Å². The molecular weight excluding hydrogens is 514 g/mol. The summed E-state index contributed by atoms with van der Waals surface area (Å²) in [6.07, 6.45) is 6.67. The second-order valence-electron chi connectivity index (χ2n) is 8.93. The van der Waals surface area contributed by atoms with Crippen LogP contribution in [0.1, 0.15) is 44.9 Å². The summed E-state index contributed by atoms with van der Waals surface area (Å²) in [4.78, 5) is 41.5. The highest BCUT2D eigenvalue weighted by atomic mass is 32.2. The Bertz CT molecular complexity index is 1230. The molecule has 0 aliphatic carbocycles. The molecule has 0 spiro atoms. The van der Waals surface area contributed by atoms with Gasteiger partial charge in [0, 0.05) is 57.1 Å². The Balaban J connectivity index is 1.35. The number of unbranched alkanes of at least 4 members (excludes halogenated alkanes) is 2. The van der Waals surface area contributed by atoms with Crippen LogP contribution in [0.25, 0.3) is 0 Å². The number of nitrogens with zero attached hydrogens (tertiary/aromatic N) is 5. The molecule has 1 aromatic heterocycles. The number of carbonyl (C=O) groups is 3. The lowest BCUT2D eigenvalue weighted by molar-refractivity contribution is -0.697. The molecule has 1 saturated heterocycles. The third kappa shape index (κ3) is 9.63. The molecule has 1 aliphatic heterocycles. The van der Waals surface area contributed by atoms with Gasteiger partial charge < -0.3 is 9.74 Å². The van der Waals surface area contributed by atoms with Crippen molar-refractivity contribution in [3.8, 4) is 0 Å². The first-order valence-electron chi connectivity index (χ1n) is 12.3. The molecule has 0 saturated carbocycles. The van der Waals surface area contributed by atoms with E-state index < -0.39 is 27.9 Å². The summed E-state index contributed by atoms with van der Waals surface area (Å²) in [7, 11) is -2.11. The highest BCUT2D eigenvalue weighted by molar-refractivity contribution is 7.85. The number of carbonyl (C=O) groups excluding carboxylic acids is 3. The lowest BCUT2D eigenvalue weighted by Gasteiger charge is -2.18. The summed E-state index contributed by atoms with van der Waals surface area (Å²) in [6.45, 7) is 1.25. The van der Waals surface area contributed by atoms with Crippen LogP contribution in [0.3, 0.4) is 0 Å². The summed E-state index contributed by atoms with van der Waals surface area (Å²) < 4.78 is 32.5. The maximum absolute atomic E-state index is 11.8. The smallest absolute Gasteiger partial charge is 0.333 e. The number of amides is 2. The number of aromatic nitrogens is 1. The van der Waals surface area contributed by atoms with E-state index in [9.17, 15) is 22.8 Å². The van der Waals surface area contributed by atoms with Crippen LogP contribution in [0.4, 0.5) is 17.1 Å². The lowest BCUT2D eigenvalue weighted by atomic mass is 10.2. The molecule has 2 aromatic rings. The van der Waals surface area contributed by atoms with Crippen LogP contribution in [0, 0.1) is 0 Å². The predicted octanol–water partition coefficient (Wildman–Crippen LogP) is 3.27. The topological polar surface area (TPSA) is 150 Å². The van der Waals surface area contributed by atoms with E-state index in [1.807, 2.05) is 65.3 Å². The van der Waals surface area contributed by atoms with Gasteiger partial charge in [-0.15, -0.1) is 5.06 Å². The Morgan fingerprint density at radius 1 is 0.974 bits per heavy atom. The number of anilines is 1. The fourth-order valence-electron chi connectivity index (χ4n) is 3.71. The fourth-order valence-corrected chi connectivity index (χ4v) is 4.21. The average molecular weight is 547 g/mol. The van der Waals surface area contributed by atoms with Crippen LogP contribution in [0.15, 0.2) is 59.0 Å². The Morgan fingerprint density at radius 3 is 2.18 bits per heavy atom. The third-order valence-electron chi connectivity index (χ3n) is 5.84. The van der Waals surface area contributed by atoms with Crippen molar-refractivity contribution in [1.82, 2.24) is 5.06 Å². The van der Waals surface area contributed by atoms with E-state index in [2.05, 4.69) is 10.2 Å². The van der Waals surface area contributed by atoms with E-state index in [1.54, 1.807) is 0 Å². The Morgan fingerprint density at radius 2 is 1.58 bits per heavy atom. The molecule has 2 heterocycles. The molecule has 1 aromatic carbocycles. The molecule has 38 heavy (non-hydrogen) atoms. The number of benzene rings is 1. The van der Waals surface area contributed by atoms with E-state index >= 15 is 0 Å². The van der Waals surface area contributed by atoms with Crippen LogP contribution in [0.5, 0.6) is 0 Å². The van der Waals surface area contributed by atoms with Crippen LogP contribution < -0.4 is 9.47 Å². The normalized spacial score (nSPS) is 13.9. The van der Waals surface area contributed by atoms with Crippen molar-refractivity contribution in [2.75, 3.05) is 24.2 Å². The molecule has 13 heteroatoms. The number of aryl methyl sites for hydroxylation is 1. The minimum absolute atomic E-state index is 0.0836. The van der Waals surface area contributed by atoms with Gasteiger partial charge in [0.1, 0.15) is 6.54 Å². The molecule has 0 radical (unpaired) electrons. The zero-order valence-electron chi connectivity index (χ0n) is 21.2. The summed E-state index contributed by atoms with van der Waals surface area (Å²) >= 11 is 0. The van der Waals surface area contributed by atoms with Gasteiger partial charge in [0.2, 0.25) is 0 Å². The van der Waals surface area contributed by atoms with Gasteiger partial charge in [-0.2, -0.15) is 18.6 Å². The number of hydroxylamine groups is 2. The van der Waals surface area contributed by atoms with E-state index in [1.165, 1.54) is 0 Å². The predicted molar refractivity (Wildman–Crippen MR) is 137 cm³/mol. The summed E-state index contributed by atoms with van der Waals surface area (Å²) in [5.74, 6) is -1.80. The Labute approximate surface area is 221 Å². The first-order chi connectivity index (χ1) is 18.1. The van der Waals surface area contributed by atoms with Crippen molar-refractivity contribution in [2.45, 2.75) is 51.5 Å². The van der Waals surface area contributed by atoms with E-state index in [-0.39, 0.29) is 25.0 Å². The second-order valence-corrected chi connectivity index (χ2v) is 10.5. The number of hydrogen-bond donors (Lipinski definition) is 1. The van der Waals surface area contributed by atoms with Crippen molar-refractivity contribution in [2.24, 2.45) is 10.2 Å². The molecule has 2 amide bonds. The molecule has 204 valence electrons. The van der Waals surface area contributed by atoms with Gasteiger partial charge >= 0.3 is 5.97 Å². The zero-order chi connectivity index (χ0) is 27.5. The Hall–Kier alpha value is -3.71. The van der Waals surface area contributed by atoms with Crippen LogP contribution in [0.2, 0.25) is 0 Å². The molecule has 0 atom stereocenters. The second kappa shape index (κ2) is 13.7. The van der Waals surface area contributed by atoms with Gasteiger partial charge in [0.15, 0.2) is 12.4 Å². The van der Waals surface area contributed by atoms with E-state index in [0.717, 1.165) is 25.1 Å². The number of rotatable bonds is 14. The molecule has 0 bridgehead atoms. The summed E-state index contributed by atoms with van der Waals surface area (Å²) in [5, 5.41) is 9.07. The van der Waals surface area contributed by atoms with Crippen LogP contribution in [-0.4, -0.2) is 55.2 Å². The van der Waals surface area contributed by atoms with Crippen molar-refractivity contribution >= 4 is 45.0 Å². The largest absolute Gasteiger partial charge is 0.375 e. The molecule has 1 aliphatic rings. The van der Waals surface area contributed by atoms with Crippen LogP contribution >= 0.6 is 0 Å². The lowest BCUT2D eigenvalue weighted by Crippen LogP contribution is -2.32. The maximum atomic E-state index is 11.8. The molecule has 12 nitrogen and oxygen atoms in total. The van der Waals surface area contributed by atoms with Crippen molar-refractivity contribution in [3.05, 3.63) is 48.8 Å². The fraction of sp³-hybridized carbons (Fsp3) is 0.440. The van der Waals surface area contributed by atoms with E-state index in [0.29, 0.717) is 35.8 Å². The van der Waals surface area contributed by atoms with Gasteiger partial charge in [-0.25, -0.2) is 9.36 Å². The summed E-state index contributed by atoms with van der Waals surface area (Å²) in [6, 6.07) is 11.1. The molecular formula is C25H32N5O7S+. The van der Waals surface area contributed by atoms with Gasteiger partial charge in [0.05, 0.1) is 17.1 Å². The number of hydrogen-bond acceptors (Lipinski definition) is 9. The molecule has 3 rings (SSSR count). The first-order valence-corrected chi connectivity index (χ1v) is 14.0. The average Bonchev–Trinajstić information content (AvgIpc) is 3.19. The van der Waals surface area contributed by atoms with Gasteiger partial charge in [-0.1, -0.05) is 0 Å². The molecule has 1 fully saturated rings. The highest BCUT2D eigenvalue weighted by Gasteiger charge is 2.32. The SMILES string of the molecule is CN(CCCS(=O)(=O)O)c1ccc(N=Nc2cc[n+](CCCCCC(=O)ON3C(=O)CCC3=O)cc2)cc1. The first kappa shape index (κ1) is 28.9. The van der Waals surface area contributed by atoms with Gasteiger partial charge in [-0.3, -0.25) is 14.1 Å². The van der Waals surface area contributed by atoms with Crippen molar-refractivity contribution in [3.63, 3.8) is 0 Å². The van der Waals surface area contributed by atoms with Crippen molar-refractivity contribution in [1.29, 1.82) is 0 Å². The van der Waals surface area contributed by atoms with E-state index in [4.69, 9.17) is 9.39 Å². The molecule has 0 unspecified atom stereocenters. The molecule has 1 N–H and O–H groups in total. The third-order valence-corrected chi connectivity index (χ3v) is 6.64. The van der Waals surface area contributed by atoms with Crippen LogP contribution in [-0.2, 0) is 35.9 Å².